The number of piperidine rings is 1. The maximum Gasteiger partial charge on any atom is 0.237 e. The van der Waals surface area contributed by atoms with Crippen molar-refractivity contribution in [2.75, 3.05) is 13.1 Å². The second kappa shape index (κ2) is 12.3. The highest BCUT2D eigenvalue weighted by molar-refractivity contribution is 6.30. The Kier molecular flexibility index (Phi) is 8.43. The SMILES string of the molecule is C[C@H](NCC1C[C@@H](c2ccc(-c3ccccc3)cc2)CCN1)C(=O)NCc1cc(Cl)ccc1-n1cnnn1. The highest BCUT2D eigenvalue weighted by Crippen LogP contribution is 2.29. The minimum Gasteiger partial charge on any atom is -0.351 e. The smallest absolute Gasteiger partial charge is 0.237 e. The van der Waals surface area contributed by atoms with Gasteiger partial charge in [-0.25, -0.2) is 4.68 Å². The lowest BCUT2D eigenvalue weighted by Gasteiger charge is -2.31. The van der Waals surface area contributed by atoms with Gasteiger partial charge in [-0.2, -0.15) is 0 Å². The number of nitrogens with one attached hydrogen (secondary N) is 3. The van der Waals surface area contributed by atoms with Gasteiger partial charge < -0.3 is 16.0 Å². The maximum absolute atomic E-state index is 12.8. The molecule has 0 bridgehead atoms. The van der Waals surface area contributed by atoms with Crippen molar-refractivity contribution in [1.82, 2.24) is 36.2 Å². The zero-order valence-corrected chi connectivity index (χ0v) is 22.1. The van der Waals surface area contributed by atoms with Crippen molar-refractivity contribution in [3.05, 3.63) is 95.3 Å². The molecule has 5 rings (SSSR count). The summed E-state index contributed by atoms with van der Waals surface area (Å²) in [5, 5.41) is 21.9. The van der Waals surface area contributed by atoms with E-state index in [9.17, 15) is 4.79 Å². The molecule has 3 N–H and O–H groups in total. The third kappa shape index (κ3) is 6.45. The van der Waals surface area contributed by atoms with Gasteiger partial charge in [0.25, 0.3) is 0 Å². The molecule has 0 aliphatic carbocycles. The van der Waals surface area contributed by atoms with Crippen LogP contribution in [0, 0.1) is 0 Å². The van der Waals surface area contributed by atoms with Gasteiger partial charge in [-0.05, 0) is 83.1 Å². The highest BCUT2D eigenvalue weighted by atomic mass is 35.5. The summed E-state index contributed by atoms with van der Waals surface area (Å²) in [6, 6.07) is 24.8. The molecule has 1 fully saturated rings. The fraction of sp³-hybridized carbons (Fsp3) is 0.310. The van der Waals surface area contributed by atoms with Gasteiger partial charge in [-0.3, -0.25) is 4.79 Å². The van der Waals surface area contributed by atoms with Crippen LogP contribution in [0.5, 0.6) is 0 Å². The Balaban J connectivity index is 1.12. The van der Waals surface area contributed by atoms with Gasteiger partial charge >= 0.3 is 0 Å². The van der Waals surface area contributed by atoms with Crippen LogP contribution in [-0.2, 0) is 11.3 Å². The first-order chi connectivity index (χ1) is 18.6. The summed E-state index contributed by atoms with van der Waals surface area (Å²) in [6.07, 6.45) is 3.66. The van der Waals surface area contributed by atoms with Crippen LogP contribution in [0.15, 0.2) is 79.1 Å². The number of amides is 1. The van der Waals surface area contributed by atoms with Gasteiger partial charge in [-0.15, -0.1) is 5.10 Å². The molecule has 1 unspecified atom stereocenters. The van der Waals surface area contributed by atoms with Crippen molar-refractivity contribution < 1.29 is 4.79 Å². The monoisotopic (exact) mass is 529 g/mol. The van der Waals surface area contributed by atoms with Crippen LogP contribution in [0.4, 0.5) is 0 Å². The largest absolute Gasteiger partial charge is 0.351 e. The summed E-state index contributed by atoms with van der Waals surface area (Å²) in [5.74, 6) is 0.432. The van der Waals surface area contributed by atoms with E-state index in [0.717, 1.165) is 37.2 Å². The van der Waals surface area contributed by atoms with Crippen LogP contribution in [0.1, 0.15) is 36.8 Å². The van der Waals surface area contributed by atoms with Gasteiger partial charge in [0, 0.05) is 24.2 Å². The summed E-state index contributed by atoms with van der Waals surface area (Å²) in [5.41, 5.74) is 5.46. The standard InChI is InChI=1S/C29H32ClN7O/c1-20(29(38)33-17-25-15-26(30)11-12-28(25)37-19-34-35-36-37)32-18-27-16-24(13-14-31-27)23-9-7-22(8-10-23)21-5-3-2-4-6-21/h2-12,15,19-20,24,27,31-32H,13-14,16-18H2,1H3,(H,33,38)/t20-,24-,27?/m0/s1. The van der Waals surface area contributed by atoms with E-state index in [4.69, 9.17) is 11.6 Å². The number of halogens is 1. The Morgan fingerprint density at radius 3 is 2.66 bits per heavy atom. The second-order valence-corrected chi connectivity index (χ2v) is 10.2. The molecule has 1 saturated heterocycles. The van der Waals surface area contributed by atoms with Crippen LogP contribution in [0.25, 0.3) is 16.8 Å². The van der Waals surface area contributed by atoms with Crippen LogP contribution in [0.3, 0.4) is 0 Å². The Bertz CT molecular complexity index is 1330. The van der Waals surface area contributed by atoms with Crippen molar-refractivity contribution >= 4 is 17.5 Å². The number of hydrogen-bond donors (Lipinski definition) is 3. The molecule has 3 atom stereocenters. The molecule has 3 aromatic carbocycles. The molecule has 2 heterocycles. The summed E-state index contributed by atoms with van der Waals surface area (Å²) < 4.78 is 1.56. The molecule has 0 saturated carbocycles. The molecule has 1 aliphatic heterocycles. The van der Waals surface area contributed by atoms with E-state index < -0.39 is 0 Å². The Labute approximate surface area is 227 Å². The molecule has 9 heteroatoms. The molecule has 4 aromatic rings. The highest BCUT2D eigenvalue weighted by Gasteiger charge is 2.24. The molecular formula is C29H32ClN7O. The van der Waals surface area contributed by atoms with E-state index in [-0.39, 0.29) is 11.9 Å². The average Bonchev–Trinajstić information content (AvgIpc) is 3.50. The number of carbonyl (C=O) groups excluding carboxylic acids is 1. The lowest BCUT2D eigenvalue weighted by molar-refractivity contribution is -0.122. The molecule has 1 aromatic heterocycles. The van der Waals surface area contributed by atoms with Crippen LogP contribution in [0.2, 0.25) is 5.02 Å². The zero-order valence-electron chi connectivity index (χ0n) is 21.3. The molecule has 38 heavy (non-hydrogen) atoms. The zero-order chi connectivity index (χ0) is 26.3. The van der Waals surface area contributed by atoms with Crippen molar-refractivity contribution in [3.8, 4) is 16.8 Å². The molecule has 196 valence electrons. The minimum absolute atomic E-state index is 0.0727. The topological polar surface area (TPSA) is 96.8 Å². The van der Waals surface area contributed by atoms with Gasteiger partial charge in [0.2, 0.25) is 5.91 Å². The van der Waals surface area contributed by atoms with Gasteiger partial charge in [0.05, 0.1) is 11.7 Å². The minimum atomic E-state index is -0.335. The van der Waals surface area contributed by atoms with E-state index in [2.05, 4.69) is 80.0 Å². The Hall–Kier alpha value is -3.59. The van der Waals surface area contributed by atoms with Crippen molar-refractivity contribution in [3.63, 3.8) is 0 Å². The normalized spacial score (nSPS) is 18.2. The number of hydrogen-bond acceptors (Lipinski definition) is 6. The molecule has 0 radical (unpaired) electrons. The number of aromatic nitrogens is 4. The van der Waals surface area contributed by atoms with E-state index in [1.807, 2.05) is 25.1 Å². The van der Waals surface area contributed by atoms with Gasteiger partial charge in [-0.1, -0.05) is 66.2 Å². The summed E-state index contributed by atoms with van der Waals surface area (Å²) in [6.45, 7) is 3.90. The van der Waals surface area contributed by atoms with Crippen molar-refractivity contribution in [2.45, 2.75) is 44.3 Å². The average molecular weight is 530 g/mol. The summed E-state index contributed by atoms with van der Waals surface area (Å²) in [7, 11) is 0. The number of benzene rings is 3. The second-order valence-electron chi connectivity index (χ2n) is 9.74. The third-order valence-corrected chi connectivity index (χ3v) is 7.37. The first kappa shape index (κ1) is 26.0. The quantitative estimate of drug-likeness (QED) is 0.302. The third-order valence-electron chi connectivity index (χ3n) is 7.14. The molecular weight excluding hydrogens is 498 g/mol. The fourth-order valence-electron chi connectivity index (χ4n) is 4.98. The molecule has 0 spiro atoms. The number of rotatable bonds is 9. The predicted molar refractivity (Wildman–Crippen MR) is 149 cm³/mol. The van der Waals surface area contributed by atoms with Crippen molar-refractivity contribution in [1.29, 1.82) is 0 Å². The first-order valence-electron chi connectivity index (χ1n) is 13.0. The molecule has 1 aliphatic rings. The van der Waals surface area contributed by atoms with Crippen molar-refractivity contribution in [2.24, 2.45) is 0 Å². The summed E-state index contributed by atoms with van der Waals surface area (Å²) in [4.78, 5) is 12.8. The number of carbonyl (C=O) groups is 1. The Morgan fingerprint density at radius 1 is 1.11 bits per heavy atom. The Morgan fingerprint density at radius 2 is 1.89 bits per heavy atom. The summed E-state index contributed by atoms with van der Waals surface area (Å²) >= 11 is 6.19. The lowest BCUT2D eigenvalue weighted by atomic mass is 9.85. The number of nitrogens with zero attached hydrogens (tertiary/aromatic N) is 4. The van der Waals surface area contributed by atoms with Crippen LogP contribution in [-0.4, -0.2) is 51.3 Å². The lowest BCUT2D eigenvalue weighted by Crippen LogP contribution is -2.49. The van der Waals surface area contributed by atoms with E-state index in [1.54, 1.807) is 10.7 Å². The predicted octanol–water partition coefficient (Wildman–Crippen LogP) is 4.11. The number of tetrazole rings is 1. The van der Waals surface area contributed by atoms with E-state index in [1.165, 1.54) is 23.0 Å². The molecule has 8 nitrogen and oxygen atoms in total. The fourth-order valence-corrected chi connectivity index (χ4v) is 5.18. The first-order valence-corrected chi connectivity index (χ1v) is 13.4. The maximum atomic E-state index is 12.8. The van der Waals surface area contributed by atoms with E-state index in [0.29, 0.717) is 23.5 Å². The van der Waals surface area contributed by atoms with Crippen LogP contribution < -0.4 is 16.0 Å². The van der Waals surface area contributed by atoms with Crippen LogP contribution >= 0.6 is 11.6 Å². The van der Waals surface area contributed by atoms with Gasteiger partial charge in [0.1, 0.15) is 6.33 Å². The van der Waals surface area contributed by atoms with Gasteiger partial charge in [0.15, 0.2) is 0 Å². The van der Waals surface area contributed by atoms with E-state index >= 15 is 0 Å². The molecule has 1 amide bonds.